The van der Waals surface area contributed by atoms with Gasteiger partial charge in [-0.2, -0.15) is 0 Å². The minimum Gasteiger partial charge on any atom is -0.543 e. The number of carbonyl (C=O) groups excluding carboxylic acids is 1. The Bertz CT molecular complexity index is 388. The summed E-state index contributed by atoms with van der Waals surface area (Å²) in [4.78, 5) is 10.8. The fourth-order valence-corrected chi connectivity index (χ4v) is 2.47. The van der Waals surface area contributed by atoms with E-state index < -0.39 is 8.32 Å². The van der Waals surface area contributed by atoms with Crippen LogP contribution in [0.2, 0.25) is 24.7 Å². The van der Waals surface area contributed by atoms with Crippen molar-refractivity contribution >= 4 is 42.1 Å². The molecule has 5 heteroatoms. The van der Waals surface area contributed by atoms with Crippen LogP contribution in [0.3, 0.4) is 0 Å². The van der Waals surface area contributed by atoms with Crippen LogP contribution in [0.25, 0.3) is 0 Å². The lowest BCUT2D eigenvalue weighted by Crippen LogP contribution is -2.30. The van der Waals surface area contributed by atoms with Gasteiger partial charge in [0.05, 0.1) is 10.6 Å². The molecule has 0 amide bonds. The van der Waals surface area contributed by atoms with E-state index >= 15 is 0 Å². The normalized spacial score (nSPS) is 11.3. The second kappa shape index (κ2) is 4.68. The predicted octanol–water partition coefficient (Wildman–Crippen LogP) is 4.13. The molecule has 1 aromatic rings. The molecule has 1 aromatic carbocycles. The number of rotatable bonds is 3. The average molecular weight is 308 g/mol. The lowest BCUT2D eigenvalue weighted by atomic mass is 10.2. The molecule has 0 spiro atoms. The third-order valence-corrected chi connectivity index (χ3v) is 3.70. The van der Waals surface area contributed by atoms with E-state index in [1.54, 1.807) is 12.1 Å². The number of carbonyl (C=O) groups is 1. The molecule has 0 fully saturated rings. The van der Waals surface area contributed by atoms with Crippen molar-refractivity contribution in [3.63, 3.8) is 0 Å². The smallest absolute Gasteiger partial charge is 0.242 e. The van der Waals surface area contributed by atoms with Gasteiger partial charge in [-0.25, -0.2) is 0 Å². The monoisotopic (exact) mass is 306 g/mol. The zero-order valence-corrected chi connectivity index (χ0v) is 12.1. The summed E-state index contributed by atoms with van der Waals surface area (Å²) in [6.07, 6.45) is 0.758. The molecule has 0 aromatic heterocycles. The number of aldehydes is 1. The molecular formula is C10H12BrClO2Si. The molecule has 0 saturated heterocycles. The van der Waals surface area contributed by atoms with E-state index in [4.69, 9.17) is 16.0 Å². The predicted molar refractivity (Wildman–Crippen MR) is 68.5 cm³/mol. The molecule has 2 nitrogen and oxygen atoms in total. The quantitative estimate of drug-likeness (QED) is 0.620. The van der Waals surface area contributed by atoms with Gasteiger partial charge in [0, 0.05) is 4.47 Å². The van der Waals surface area contributed by atoms with Gasteiger partial charge in [-0.1, -0.05) is 11.6 Å². The molecule has 0 atom stereocenters. The molecule has 82 valence electrons. The summed E-state index contributed by atoms with van der Waals surface area (Å²) < 4.78 is 6.52. The van der Waals surface area contributed by atoms with Gasteiger partial charge in [-0.3, -0.25) is 4.79 Å². The maximum atomic E-state index is 10.8. The van der Waals surface area contributed by atoms with Gasteiger partial charge in [0.15, 0.2) is 6.29 Å². The van der Waals surface area contributed by atoms with Crippen molar-refractivity contribution in [2.45, 2.75) is 19.6 Å². The summed E-state index contributed by atoms with van der Waals surface area (Å²) in [5.41, 5.74) is 0.491. The largest absolute Gasteiger partial charge is 0.543 e. The number of hydrogen-bond donors (Lipinski definition) is 0. The van der Waals surface area contributed by atoms with Crippen LogP contribution in [0.4, 0.5) is 0 Å². The Morgan fingerprint density at radius 2 is 2.00 bits per heavy atom. The zero-order valence-electron chi connectivity index (χ0n) is 8.80. The van der Waals surface area contributed by atoms with Crippen molar-refractivity contribution in [3.05, 3.63) is 27.2 Å². The van der Waals surface area contributed by atoms with Crippen molar-refractivity contribution in [2.24, 2.45) is 0 Å². The van der Waals surface area contributed by atoms with Gasteiger partial charge < -0.3 is 4.43 Å². The van der Waals surface area contributed by atoms with Gasteiger partial charge in [0.2, 0.25) is 8.32 Å². The molecule has 0 N–H and O–H groups in total. The third kappa shape index (κ3) is 3.33. The van der Waals surface area contributed by atoms with Crippen LogP contribution in [0, 0.1) is 0 Å². The molecule has 0 aliphatic heterocycles. The molecule has 15 heavy (non-hydrogen) atoms. The van der Waals surface area contributed by atoms with E-state index in [1.165, 1.54) is 0 Å². The standard InChI is InChI=1S/C10H12BrClO2Si/c1-15(2,3)14-10-7(6-13)4-5-8(11)9(10)12/h4-6H,1-3H3. The van der Waals surface area contributed by atoms with Gasteiger partial charge >= 0.3 is 0 Å². The first-order valence-electron chi connectivity index (χ1n) is 4.47. The second-order valence-electron chi connectivity index (χ2n) is 4.11. The van der Waals surface area contributed by atoms with E-state index in [0.29, 0.717) is 16.3 Å². The number of halogens is 2. The van der Waals surface area contributed by atoms with Crippen LogP contribution < -0.4 is 4.43 Å². The van der Waals surface area contributed by atoms with Crippen molar-refractivity contribution in [1.29, 1.82) is 0 Å². The molecule has 0 saturated carbocycles. The number of hydrogen-bond acceptors (Lipinski definition) is 2. The highest BCUT2D eigenvalue weighted by Crippen LogP contribution is 2.36. The van der Waals surface area contributed by atoms with Crippen molar-refractivity contribution in [3.8, 4) is 5.75 Å². The Morgan fingerprint density at radius 1 is 1.40 bits per heavy atom. The fourth-order valence-electron chi connectivity index (χ4n) is 1.05. The van der Waals surface area contributed by atoms with Crippen LogP contribution in [-0.4, -0.2) is 14.6 Å². The molecular weight excluding hydrogens is 296 g/mol. The first kappa shape index (κ1) is 12.7. The highest BCUT2D eigenvalue weighted by Gasteiger charge is 2.21. The van der Waals surface area contributed by atoms with Crippen molar-refractivity contribution in [1.82, 2.24) is 0 Å². The highest BCUT2D eigenvalue weighted by atomic mass is 79.9. The molecule has 0 radical (unpaired) electrons. The van der Waals surface area contributed by atoms with Gasteiger partial charge in [0.1, 0.15) is 5.75 Å². The van der Waals surface area contributed by atoms with Gasteiger partial charge in [-0.05, 0) is 47.7 Å². The van der Waals surface area contributed by atoms with Crippen LogP contribution in [0.5, 0.6) is 5.75 Å². The molecule has 0 heterocycles. The number of benzene rings is 1. The van der Waals surface area contributed by atoms with Gasteiger partial charge in [-0.15, -0.1) is 0 Å². The third-order valence-electron chi connectivity index (χ3n) is 1.62. The maximum absolute atomic E-state index is 10.8. The Kier molecular flexibility index (Phi) is 3.97. The van der Waals surface area contributed by atoms with Crippen molar-refractivity contribution in [2.75, 3.05) is 0 Å². The van der Waals surface area contributed by atoms with Gasteiger partial charge in [0.25, 0.3) is 0 Å². The maximum Gasteiger partial charge on any atom is 0.242 e. The summed E-state index contributed by atoms with van der Waals surface area (Å²) in [5, 5.41) is 0.460. The summed E-state index contributed by atoms with van der Waals surface area (Å²) >= 11 is 9.38. The van der Waals surface area contributed by atoms with Crippen LogP contribution >= 0.6 is 27.5 Å². The summed E-state index contributed by atoms with van der Waals surface area (Å²) in [6.45, 7) is 6.12. The Labute approximate surface area is 104 Å². The summed E-state index contributed by atoms with van der Waals surface area (Å²) in [7, 11) is -1.76. The summed E-state index contributed by atoms with van der Waals surface area (Å²) in [6, 6.07) is 3.43. The molecule has 0 aliphatic carbocycles. The van der Waals surface area contributed by atoms with E-state index in [0.717, 1.165) is 10.8 Å². The molecule has 0 bridgehead atoms. The first-order valence-corrected chi connectivity index (χ1v) is 9.05. The minimum absolute atomic E-state index is 0.460. The average Bonchev–Trinajstić information content (AvgIpc) is 2.11. The van der Waals surface area contributed by atoms with E-state index in [2.05, 4.69) is 15.9 Å². The highest BCUT2D eigenvalue weighted by molar-refractivity contribution is 9.10. The Morgan fingerprint density at radius 3 is 2.47 bits per heavy atom. The fraction of sp³-hybridized carbons (Fsp3) is 0.300. The van der Waals surface area contributed by atoms with E-state index in [1.807, 2.05) is 19.6 Å². The topological polar surface area (TPSA) is 26.3 Å². The van der Waals surface area contributed by atoms with E-state index in [-0.39, 0.29) is 0 Å². The first-order chi connectivity index (χ1) is 6.85. The second-order valence-corrected chi connectivity index (χ2v) is 9.77. The van der Waals surface area contributed by atoms with E-state index in [9.17, 15) is 4.79 Å². The van der Waals surface area contributed by atoms with Crippen LogP contribution in [-0.2, 0) is 0 Å². The van der Waals surface area contributed by atoms with Crippen LogP contribution in [0.1, 0.15) is 10.4 Å². The minimum atomic E-state index is -1.76. The Balaban J connectivity index is 3.24. The Hall–Kier alpha value is -0.323. The lowest BCUT2D eigenvalue weighted by molar-refractivity contribution is 0.112. The van der Waals surface area contributed by atoms with Crippen LogP contribution in [0.15, 0.2) is 16.6 Å². The molecule has 1 rings (SSSR count). The SMILES string of the molecule is C[Si](C)(C)Oc1c(C=O)ccc(Br)c1Cl. The summed E-state index contributed by atoms with van der Waals surface area (Å²) in [5.74, 6) is 0.486. The zero-order chi connectivity index (χ0) is 11.6. The lowest BCUT2D eigenvalue weighted by Gasteiger charge is -2.21. The molecule has 0 aliphatic rings. The molecule has 0 unspecified atom stereocenters. The van der Waals surface area contributed by atoms with Crippen molar-refractivity contribution < 1.29 is 9.22 Å².